The Morgan fingerprint density at radius 1 is 0.441 bits per heavy atom. The molecular formula is C30H30N2O2. The maximum absolute atomic E-state index is 5.98. The molecule has 1 saturated carbocycles. The predicted molar refractivity (Wildman–Crippen MR) is 139 cm³/mol. The van der Waals surface area contributed by atoms with Crippen molar-refractivity contribution in [1.29, 1.82) is 0 Å². The number of nitrogen functional groups attached to an aromatic ring is 2. The fourth-order valence-corrected chi connectivity index (χ4v) is 4.84. The molecule has 1 aliphatic rings. The third-order valence-corrected chi connectivity index (χ3v) is 6.61. The Kier molecular flexibility index (Phi) is 6.39. The maximum atomic E-state index is 5.98. The molecular weight excluding hydrogens is 420 g/mol. The van der Waals surface area contributed by atoms with Gasteiger partial charge in [0.25, 0.3) is 0 Å². The minimum absolute atomic E-state index is 0.503. The molecule has 0 bridgehead atoms. The lowest BCUT2D eigenvalue weighted by Crippen LogP contribution is -2.16. The summed E-state index contributed by atoms with van der Waals surface area (Å²) < 4.78 is 12.0. The van der Waals surface area contributed by atoms with Crippen molar-refractivity contribution in [3.63, 3.8) is 0 Å². The maximum Gasteiger partial charge on any atom is 0.127 e. The quantitative estimate of drug-likeness (QED) is 0.293. The van der Waals surface area contributed by atoms with Crippen molar-refractivity contribution in [3.05, 3.63) is 108 Å². The molecule has 0 spiro atoms. The Morgan fingerprint density at radius 3 is 1.06 bits per heavy atom. The van der Waals surface area contributed by atoms with Gasteiger partial charge in [-0.15, -0.1) is 0 Å². The van der Waals surface area contributed by atoms with Crippen LogP contribution in [-0.2, 0) is 0 Å². The van der Waals surface area contributed by atoms with E-state index in [4.69, 9.17) is 20.9 Å². The van der Waals surface area contributed by atoms with Crippen molar-refractivity contribution in [1.82, 2.24) is 0 Å². The summed E-state index contributed by atoms with van der Waals surface area (Å²) >= 11 is 0. The number of benzene rings is 4. The summed E-state index contributed by atoms with van der Waals surface area (Å²) in [5.41, 5.74) is 15.7. The third kappa shape index (κ3) is 5.18. The van der Waals surface area contributed by atoms with E-state index in [0.717, 1.165) is 34.4 Å². The lowest BCUT2D eigenvalue weighted by Gasteiger charge is -2.32. The van der Waals surface area contributed by atoms with Crippen LogP contribution < -0.4 is 20.9 Å². The van der Waals surface area contributed by atoms with Gasteiger partial charge in [0.05, 0.1) is 0 Å². The van der Waals surface area contributed by atoms with Gasteiger partial charge in [-0.05, 0) is 109 Å². The van der Waals surface area contributed by atoms with Crippen LogP contribution in [0.3, 0.4) is 0 Å². The molecule has 0 aromatic heterocycles. The molecule has 0 aliphatic heterocycles. The van der Waals surface area contributed by atoms with E-state index in [-0.39, 0.29) is 0 Å². The largest absolute Gasteiger partial charge is 0.457 e. The second-order valence-electron chi connectivity index (χ2n) is 8.98. The molecule has 0 heterocycles. The third-order valence-electron chi connectivity index (χ3n) is 6.61. The number of anilines is 2. The highest BCUT2D eigenvalue weighted by molar-refractivity contribution is 5.45. The van der Waals surface area contributed by atoms with E-state index in [1.807, 2.05) is 48.5 Å². The van der Waals surface area contributed by atoms with Crippen LogP contribution in [0, 0.1) is 0 Å². The van der Waals surface area contributed by atoms with Crippen LogP contribution in [0.1, 0.15) is 48.6 Å². The van der Waals surface area contributed by atoms with Gasteiger partial charge >= 0.3 is 0 Å². The van der Waals surface area contributed by atoms with Crippen molar-refractivity contribution in [3.8, 4) is 23.0 Å². The predicted octanol–water partition coefficient (Wildman–Crippen LogP) is 7.88. The van der Waals surface area contributed by atoms with Gasteiger partial charge < -0.3 is 20.9 Å². The lowest BCUT2D eigenvalue weighted by molar-refractivity contribution is 0.385. The topological polar surface area (TPSA) is 70.5 Å². The molecule has 1 fully saturated rings. The van der Waals surface area contributed by atoms with E-state index in [1.165, 1.54) is 36.8 Å². The minimum atomic E-state index is 0.503. The molecule has 4 nitrogen and oxygen atoms in total. The van der Waals surface area contributed by atoms with Gasteiger partial charge in [-0.1, -0.05) is 37.1 Å². The van der Waals surface area contributed by atoms with Crippen LogP contribution >= 0.6 is 0 Å². The van der Waals surface area contributed by atoms with Crippen LogP contribution in [-0.4, -0.2) is 0 Å². The van der Waals surface area contributed by atoms with Crippen LogP contribution in [0.4, 0.5) is 11.4 Å². The zero-order valence-corrected chi connectivity index (χ0v) is 19.2. The Hall–Kier alpha value is -3.92. The van der Waals surface area contributed by atoms with Gasteiger partial charge in [-0.3, -0.25) is 0 Å². The summed E-state index contributed by atoms with van der Waals surface area (Å²) in [6.45, 7) is 0. The van der Waals surface area contributed by atoms with Crippen LogP contribution in [0.5, 0.6) is 23.0 Å². The summed E-state index contributed by atoms with van der Waals surface area (Å²) in [6, 6.07) is 32.1. The summed E-state index contributed by atoms with van der Waals surface area (Å²) in [6.07, 6.45) is 4.94. The van der Waals surface area contributed by atoms with Gasteiger partial charge in [0.15, 0.2) is 0 Å². The van der Waals surface area contributed by atoms with Gasteiger partial charge in [0, 0.05) is 11.4 Å². The molecule has 4 N–H and O–H groups in total. The van der Waals surface area contributed by atoms with E-state index in [2.05, 4.69) is 48.5 Å². The first kappa shape index (κ1) is 21.9. The standard InChI is InChI=1S/C30H30N2O2/c31-23-9-17-27(18-10-23)33-25-13-5-21(6-14-25)29-3-1-2-4-30(29)22-7-15-26(16-8-22)34-28-19-11-24(32)12-20-28/h5-20,29-30H,1-4,31-32H2. The second kappa shape index (κ2) is 9.92. The summed E-state index contributed by atoms with van der Waals surface area (Å²) in [4.78, 5) is 0. The van der Waals surface area contributed by atoms with Crippen molar-refractivity contribution in [2.75, 3.05) is 11.5 Å². The second-order valence-corrected chi connectivity index (χ2v) is 8.98. The molecule has 172 valence electrons. The van der Waals surface area contributed by atoms with Crippen molar-refractivity contribution < 1.29 is 9.47 Å². The molecule has 0 amide bonds. The first-order valence-electron chi connectivity index (χ1n) is 11.9. The molecule has 4 aromatic rings. The molecule has 0 radical (unpaired) electrons. The average molecular weight is 451 g/mol. The highest BCUT2D eigenvalue weighted by Gasteiger charge is 2.27. The highest BCUT2D eigenvalue weighted by atomic mass is 16.5. The van der Waals surface area contributed by atoms with E-state index < -0.39 is 0 Å². The summed E-state index contributed by atoms with van der Waals surface area (Å²) in [5, 5.41) is 0. The Balaban J connectivity index is 1.29. The highest BCUT2D eigenvalue weighted by Crippen LogP contribution is 2.44. The number of hydrogen-bond acceptors (Lipinski definition) is 4. The van der Waals surface area contributed by atoms with E-state index >= 15 is 0 Å². The summed E-state index contributed by atoms with van der Waals surface area (Å²) in [7, 11) is 0. The molecule has 2 atom stereocenters. The monoisotopic (exact) mass is 450 g/mol. The summed E-state index contributed by atoms with van der Waals surface area (Å²) in [5.74, 6) is 4.26. The number of rotatable bonds is 6. The zero-order chi connectivity index (χ0) is 23.3. The molecule has 34 heavy (non-hydrogen) atoms. The molecule has 1 aliphatic carbocycles. The molecule has 4 aromatic carbocycles. The van der Waals surface area contributed by atoms with Crippen LogP contribution in [0.2, 0.25) is 0 Å². The number of nitrogens with two attached hydrogens (primary N) is 2. The van der Waals surface area contributed by atoms with Gasteiger partial charge in [-0.25, -0.2) is 0 Å². The van der Waals surface area contributed by atoms with Crippen molar-refractivity contribution >= 4 is 11.4 Å². The van der Waals surface area contributed by atoms with E-state index in [1.54, 1.807) is 0 Å². The Bertz CT molecular complexity index is 1100. The smallest absolute Gasteiger partial charge is 0.127 e. The average Bonchev–Trinajstić information content (AvgIpc) is 2.88. The fourth-order valence-electron chi connectivity index (χ4n) is 4.84. The number of hydrogen-bond donors (Lipinski definition) is 2. The first-order valence-corrected chi connectivity index (χ1v) is 11.9. The van der Waals surface area contributed by atoms with E-state index in [9.17, 15) is 0 Å². The molecule has 0 saturated heterocycles. The zero-order valence-electron chi connectivity index (χ0n) is 19.2. The minimum Gasteiger partial charge on any atom is -0.457 e. The first-order chi connectivity index (χ1) is 16.6. The van der Waals surface area contributed by atoms with Gasteiger partial charge in [0.1, 0.15) is 23.0 Å². The van der Waals surface area contributed by atoms with Crippen molar-refractivity contribution in [2.24, 2.45) is 0 Å². The molecule has 2 unspecified atom stereocenters. The normalized spacial score (nSPS) is 17.8. The molecule has 4 heteroatoms. The van der Waals surface area contributed by atoms with E-state index in [0.29, 0.717) is 11.8 Å². The van der Waals surface area contributed by atoms with Crippen LogP contribution in [0.15, 0.2) is 97.1 Å². The van der Waals surface area contributed by atoms with Crippen LogP contribution in [0.25, 0.3) is 0 Å². The van der Waals surface area contributed by atoms with Crippen molar-refractivity contribution in [2.45, 2.75) is 37.5 Å². The molecule has 5 rings (SSSR count). The Labute approximate surface area is 201 Å². The van der Waals surface area contributed by atoms with Gasteiger partial charge in [0.2, 0.25) is 0 Å². The lowest BCUT2D eigenvalue weighted by atomic mass is 9.72. The SMILES string of the molecule is Nc1ccc(Oc2ccc(C3CCCCC3c3ccc(Oc4ccc(N)cc4)cc3)cc2)cc1. The van der Waals surface area contributed by atoms with Gasteiger partial charge in [-0.2, -0.15) is 0 Å². The number of ether oxygens (including phenoxy) is 2. The fraction of sp³-hybridized carbons (Fsp3) is 0.200. The Morgan fingerprint density at radius 2 is 0.735 bits per heavy atom.